The van der Waals surface area contributed by atoms with Gasteiger partial charge in [0.25, 0.3) is 0 Å². The van der Waals surface area contributed by atoms with Gasteiger partial charge in [0.15, 0.2) is 0 Å². The van der Waals surface area contributed by atoms with Gasteiger partial charge in [-0.05, 0) is 29.1 Å². The maximum atomic E-state index is 13.7. The predicted octanol–water partition coefficient (Wildman–Crippen LogP) is 4.05. The molecule has 0 atom stereocenters. The molecule has 0 saturated carbocycles. The normalized spacial score (nSPS) is 10.7. The zero-order valence-corrected chi connectivity index (χ0v) is 15.3. The summed E-state index contributed by atoms with van der Waals surface area (Å²) in [6, 6.07) is 5.80. The van der Waals surface area contributed by atoms with Gasteiger partial charge in [-0.3, -0.25) is 5.32 Å². The molecule has 3 N–H and O–H groups in total. The summed E-state index contributed by atoms with van der Waals surface area (Å²) in [7, 11) is 0. The lowest BCUT2D eigenvalue weighted by atomic mass is 10.2. The van der Waals surface area contributed by atoms with Crippen molar-refractivity contribution in [2.24, 2.45) is 5.92 Å². The number of urea groups is 1. The SMILES string of the molecule is CC(C)CNC(=O)Nc1snc(SCc2ccccc2F)c1C(=O)O. The van der Waals surface area contributed by atoms with Crippen molar-refractivity contribution in [2.75, 3.05) is 11.9 Å². The number of thioether (sulfide) groups is 1. The Morgan fingerprint density at radius 3 is 2.72 bits per heavy atom. The predicted molar refractivity (Wildman–Crippen MR) is 96.9 cm³/mol. The topological polar surface area (TPSA) is 91.3 Å². The summed E-state index contributed by atoms with van der Waals surface area (Å²) in [5, 5.41) is 15.0. The van der Waals surface area contributed by atoms with E-state index in [1.54, 1.807) is 18.2 Å². The van der Waals surface area contributed by atoms with Crippen LogP contribution in [0.5, 0.6) is 0 Å². The molecule has 1 heterocycles. The third-order valence-corrected chi connectivity index (χ3v) is 5.00. The second-order valence-electron chi connectivity index (χ2n) is 5.61. The Morgan fingerprint density at radius 2 is 2.08 bits per heavy atom. The molecule has 0 unspecified atom stereocenters. The van der Waals surface area contributed by atoms with E-state index in [1.165, 1.54) is 6.07 Å². The number of hydrogen-bond donors (Lipinski definition) is 3. The summed E-state index contributed by atoms with van der Waals surface area (Å²) in [5.41, 5.74) is 0.382. The first-order chi connectivity index (χ1) is 11.9. The Morgan fingerprint density at radius 1 is 1.36 bits per heavy atom. The van der Waals surface area contributed by atoms with E-state index in [1.807, 2.05) is 13.8 Å². The number of anilines is 1. The summed E-state index contributed by atoms with van der Waals surface area (Å²) >= 11 is 2.00. The molecule has 0 aliphatic heterocycles. The van der Waals surface area contributed by atoms with Crippen LogP contribution in [-0.2, 0) is 5.75 Å². The molecule has 25 heavy (non-hydrogen) atoms. The summed E-state index contributed by atoms with van der Waals surface area (Å²) in [6.07, 6.45) is 0. The van der Waals surface area contributed by atoms with Crippen LogP contribution in [-0.4, -0.2) is 28.0 Å². The van der Waals surface area contributed by atoms with E-state index >= 15 is 0 Å². The summed E-state index contributed by atoms with van der Waals surface area (Å²) < 4.78 is 17.8. The molecule has 9 heteroatoms. The fourth-order valence-corrected chi connectivity index (χ4v) is 3.78. The number of carbonyl (C=O) groups excluding carboxylic acids is 1. The monoisotopic (exact) mass is 383 g/mol. The Balaban J connectivity index is 2.09. The molecule has 134 valence electrons. The van der Waals surface area contributed by atoms with Crippen LogP contribution in [0.15, 0.2) is 29.3 Å². The second kappa shape index (κ2) is 8.82. The van der Waals surface area contributed by atoms with E-state index in [2.05, 4.69) is 15.0 Å². The largest absolute Gasteiger partial charge is 0.477 e. The number of aromatic nitrogens is 1. The first-order valence-electron chi connectivity index (χ1n) is 7.52. The highest BCUT2D eigenvalue weighted by atomic mass is 32.2. The summed E-state index contributed by atoms with van der Waals surface area (Å²) in [5.74, 6) is -1.02. The van der Waals surface area contributed by atoms with Crippen LogP contribution in [0.2, 0.25) is 0 Å². The van der Waals surface area contributed by atoms with Crippen LogP contribution in [0.3, 0.4) is 0 Å². The molecule has 0 saturated heterocycles. The highest BCUT2D eigenvalue weighted by molar-refractivity contribution is 7.98. The molecule has 0 spiro atoms. The number of nitrogens with one attached hydrogen (secondary N) is 2. The third kappa shape index (κ3) is 5.43. The minimum absolute atomic E-state index is 0.0777. The number of nitrogens with zero attached hydrogens (tertiary/aromatic N) is 1. The van der Waals surface area contributed by atoms with E-state index in [4.69, 9.17) is 0 Å². The van der Waals surface area contributed by atoms with E-state index in [-0.39, 0.29) is 33.1 Å². The minimum Gasteiger partial charge on any atom is -0.477 e. The molecule has 2 rings (SSSR count). The lowest BCUT2D eigenvalue weighted by Gasteiger charge is -2.08. The van der Waals surface area contributed by atoms with Crippen molar-refractivity contribution >= 4 is 40.3 Å². The van der Waals surface area contributed by atoms with Gasteiger partial charge >= 0.3 is 12.0 Å². The average Bonchev–Trinajstić information content (AvgIpc) is 2.95. The summed E-state index contributed by atoms with van der Waals surface area (Å²) in [6.45, 7) is 4.38. The summed E-state index contributed by atoms with van der Waals surface area (Å²) in [4.78, 5) is 23.4. The number of carboxylic acid groups (broad SMARTS) is 1. The van der Waals surface area contributed by atoms with Crippen molar-refractivity contribution in [3.8, 4) is 0 Å². The molecular formula is C16H18FN3O3S2. The zero-order chi connectivity index (χ0) is 18.4. The van der Waals surface area contributed by atoms with Crippen molar-refractivity contribution in [2.45, 2.75) is 24.6 Å². The first-order valence-corrected chi connectivity index (χ1v) is 9.28. The van der Waals surface area contributed by atoms with Gasteiger partial charge in [0.2, 0.25) is 0 Å². The highest BCUT2D eigenvalue weighted by Gasteiger charge is 2.22. The minimum atomic E-state index is -1.19. The van der Waals surface area contributed by atoms with Gasteiger partial charge in [0, 0.05) is 12.3 Å². The molecule has 0 aliphatic carbocycles. The quantitative estimate of drug-likeness (QED) is 0.628. The molecule has 2 aromatic rings. The molecule has 0 fully saturated rings. The standard InChI is InChI=1S/C16H18FN3O3S2/c1-9(2)7-18-16(23)19-13-12(15(21)22)14(20-25-13)24-8-10-5-3-4-6-11(10)17/h3-6,9H,7-8H2,1-2H3,(H,21,22)(H2,18,19,23). The van der Waals surface area contributed by atoms with Gasteiger partial charge in [0.1, 0.15) is 21.4 Å². The zero-order valence-electron chi connectivity index (χ0n) is 13.7. The van der Waals surface area contributed by atoms with E-state index in [9.17, 15) is 19.1 Å². The second-order valence-corrected chi connectivity index (χ2v) is 7.34. The van der Waals surface area contributed by atoms with Crippen LogP contribution in [0.1, 0.15) is 29.8 Å². The smallest absolute Gasteiger partial charge is 0.341 e. The molecule has 1 aromatic carbocycles. The van der Waals surface area contributed by atoms with Crippen LogP contribution in [0.4, 0.5) is 14.2 Å². The van der Waals surface area contributed by atoms with Crippen molar-refractivity contribution in [1.82, 2.24) is 9.69 Å². The highest BCUT2D eigenvalue weighted by Crippen LogP contribution is 2.33. The van der Waals surface area contributed by atoms with Crippen molar-refractivity contribution in [3.63, 3.8) is 0 Å². The van der Waals surface area contributed by atoms with Gasteiger partial charge in [-0.1, -0.05) is 43.8 Å². The van der Waals surface area contributed by atoms with E-state index in [0.717, 1.165) is 23.3 Å². The number of amides is 2. The number of hydrogen-bond acceptors (Lipinski definition) is 5. The number of carbonyl (C=O) groups is 2. The van der Waals surface area contributed by atoms with Gasteiger partial charge in [-0.15, -0.1) is 0 Å². The van der Waals surface area contributed by atoms with Crippen LogP contribution in [0.25, 0.3) is 0 Å². The number of aromatic carboxylic acids is 1. The lowest BCUT2D eigenvalue weighted by Crippen LogP contribution is -2.31. The molecule has 2 amide bonds. The molecule has 0 bridgehead atoms. The maximum Gasteiger partial charge on any atom is 0.341 e. The fraction of sp³-hybridized carbons (Fsp3) is 0.312. The first kappa shape index (κ1) is 19.2. The third-order valence-electron chi connectivity index (χ3n) is 3.09. The Labute approximate surface area is 153 Å². The van der Waals surface area contributed by atoms with Crippen LogP contribution in [0, 0.1) is 11.7 Å². The van der Waals surface area contributed by atoms with Gasteiger partial charge in [-0.2, -0.15) is 4.37 Å². The molecular weight excluding hydrogens is 365 g/mol. The number of carboxylic acids is 1. The van der Waals surface area contributed by atoms with Gasteiger partial charge < -0.3 is 10.4 Å². The van der Waals surface area contributed by atoms with Crippen LogP contribution < -0.4 is 10.6 Å². The molecule has 6 nitrogen and oxygen atoms in total. The molecule has 0 aliphatic rings. The van der Waals surface area contributed by atoms with Crippen molar-refractivity contribution in [1.29, 1.82) is 0 Å². The number of benzene rings is 1. The Bertz CT molecular complexity index is 765. The molecule has 1 aromatic heterocycles. The van der Waals surface area contributed by atoms with Gasteiger partial charge in [-0.25, -0.2) is 14.0 Å². The van der Waals surface area contributed by atoms with E-state index in [0.29, 0.717) is 12.1 Å². The molecule has 0 radical (unpaired) electrons. The fourth-order valence-electron chi connectivity index (χ4n) is 1.85. The Kier molecular flexibility index (Phi) is 6.77. The van der Waals surface area contributed by atoms with Gasteiger partial charge in [0.05, 0.1) is 0 Å². The maximum absolute atomic E-state index is 13.7. The Hall–Kier alpha value is -2.13. The number of rotatable bonds is 7. The number of halogens is 1. The average molecular weight is 383 g/mol. The van der Waals surface area contributed by atoms with Crippen LogP contribution >= 0.6 is 23.3 Å². The lowest BCUT2D eigenvalue weighted by molar-refractivity contribution is 0.0694. The van der Waals surface area contributed by atoms with Crippen molar-refractivity contribution < 1.29 is 19.1 Å². The van der Waals surface area contributed by atoms with Crippen molar-refractivity contribution in [3.05, 3.63) is 41.2 Å². The van der Waals surface area contributed by atoms with E-state index < -0.39 is 12.0 Å².